The van der Waals surface area contributed by atoms with Crippen LogP contribution in [-0.4, -0.2) is 18.1 Å². The summed E-state index contributed by atoms with van der Waals surface area (Å²) in [6.45, 7) is 8.17. The van der Waals surface area contributed by atoms with Crippen LogP contribution in [-0.2, 0) is 0 Å². The normalized spacial score (nSPS) is 16.3. The van der Waals surface area contributed by atoms with Crippen LogP contribution >= 0.6 is 0 Å². The molecule has 0 bridgehead atoms. The number of hydrogen-bond donors (Lipinski definition) is 1. The number of halogens is 1. The Balaban J connectivity index is 2.58. The van der Waals surface area contributed by atoms with Gasteiger partial charge in [-0.1, -0.05) is 32.9 Å². The molecule has 21 heavy (non-hydrogen) atoms. The molecule has 4 heteroatoms. The maximum Gasteiger partial charge on any atom is 0.202 e. The van der Waals surface area contributed by atoms with E-state index in [2.05, 4.69) is 25.8 Å². The van der Waals surface area contributed by atoms with E-state index in [9.17, 15) is 9.19 Å². The molecule has 1 N–H and O–H groups in total. The second-order valence-electron chi connectivity index (χ2n) is 6.66. The highest BCUT2D eigenvalue weighted by molar-refractivity contribution is 6.76. The van der Waals surface area contributed by atoms with Crippen molar-refractivity contribution in [3.63, 3.8) is 0 Å². The van der Waals surface area contributed by atoms with Crippen molar-refractivity contribution in [3.05, 3.63) is 65.7 Å². The molecule has 0 aliphatic rings. The number of nitrogens with zero attached hydrogens (tertiary/aromatic N) is 1. The van der Waals surface area contributed by atoms with Crippen LogP contribution in [0.3, 0.4) is 0 Å². The number of pyridine rings is 1. The summed E-state index contributed by atoms with van der Waals surface area (Å²) in [4.78, 5) is 15.4. The van der Waals surface area contributed by atoms with Gasteiger partial charge in [0.2, 0.25) is 8.32 Å². The van der Waals surface area contributed by atoms with E-state index in [0.29, 0.717) is 0 Å². The predicted molar refractivity (Wildman–Crippen MR) is 86.0 cm³/mol. The molecule has 0 spiro atoms. The fraction of sp³-hybridized carbons (Fsp3) is 0.353. The van der Waals surface area contributed by atoms with Crippen LogP contribution in [0.1, 0.15) is 37.4 Å². The lowest BCUT2D eigenvalue weighted by atomic mass is 10.1. The van der Waals surface area contributed by atoms with Gasteiger partial charge in [-0.05, 0) is 47.0 Å². The predicted octanol–water partition coefficient (Wildman–Crippen LogP) is 4.26. The standard InChI is InChI=1S/C17H22FNOSi/c1-17(2,3)21(4,20)16(14-9-11-19-12-10-14)13-5-7-15(18)8-6-13/h5-12,16,20H,1-4H3. The molecule has 0 radical (unpaired) electrons. The average molecular weight is 303 g/mol. The minimum Gasteiger partial charge on any atom is -0.431 e. The van der Waals surface area contributed by atoms with E-state index >= 15 is 0 Å². The number of hydrogen-bond acceptors (Lipinski definition) is 2. The fourth-order valence-corrected chi connectivity index (χ4v) is 5.03. The van der Waals surface area contributed by atoms with Crippen LogP contribution in [0.4, 0.5) is 4.39 Å². The molecule has 1 heterocycles. The molecule has 0 saturated carbocycles. The van der Waals surface area contributed by atoms with Gasteiger partial charge in [0, 0.05) is 17.9 Å². The van der Waals surface area contributed by atoms with Gasteiger partial charge in [0.05, 0.1) is 0 Å². The van der Waals surface area contributed by atoms with Crippen molar-refractivity contribution >= 4 is 8.32 Å². The van der Waals surface area contributed by atoms with Crippen molar-refractivity contribution in [2.75, 3.05) is 0 Å². The second kappa shape index (κ2) is 5.70. The van der Waals surface area contributed by atoms with E-state index in [1.165, 1.54) is 12.1 Å². The van der Waals surface area contributed by atoms with Gasteiger partial charge >= 0.3 is 0 Å². The van der Waals surface area contributed by atoms with Crippen LogP contribution in [0.2, 0.25) is 11.6 Å². The summed E-state index contributed by atoms with van der Waals surface area (Å²) in [5, 5.41) is -0.199. The summed E-state index contributed by atoms with van der Waals surface area (Å²) >= 11 is 0. The third-order valence-electron chi connectivity index (χ3n) is 4.32. The Bertz CT molecular complexity index is 590. The molecule has 2 rings (SSSR count). The summed E-state index contributed by atoms with van der Waals surface area (Å²) < 4.78 is 13.2. The first kappa shape index (κ1) is 15.9. The maximum atomic E-state index is 13.2. The molecule has 2 nitrogen and oxygen atoms in total. The molecular formula is C17H22FNOSi. The molecule has 2 aromatic rings. The topological polar surface area (TPSA) is 33.1 Å². The highest BCUT2D eigenvalue weighted by atomic mass is 28.4. The molecule has 0 amide bonds. The molecule has 0 aliphatic carbocycles. The lowest BCUT2D eigenvalue weighted by molar-refractivity contribution is 0.464. The van der Waals surface area contributed by atoms with Crippen molar-refractivity contribution in [2.24, 2.45) is 0 Å². The van der Waals surface area contributed by atoms with Gasteiger partial charge in [0.15, 0.2) is 0 Å². The Morgan fingerprint density at radius 2 is 1.48 bits per heavy atom. The summed E-state index contributed by atoms with van der Waals surface area (Å²) in [6, 6.07) is 10.3. The Hall–Kier alpha value is -1.52. The Morgan fingerprint density at radius 3 is 1.95 bits per heavy atom. The average Bonchev–Trinajstić information content (AvgIpc) is 2.41. The largest absolute Gasteiger partial charge is 0.431 e. The van der Waals surface area contributed by atoms with Gasteiger partial charge < -0.3 is 4.80 Å². The van der Waals surface area contributed by atoms with E-state index in [-0.39, 0.29) is 16.4 Å². The van der Waals surface area contributed by atoms with Crippen molar-refractivity contribution in [1.29, 1.82) is 0 Å². The molecule has 2 unspecified atom stereocenters. The number of aromatic nitrogens is 1. The summed E-state index contributed by atoms with van der Waals surface area (Å²) in [5.74, 6) is -0.260. The summed E-state index contributed by atoms with van der Waals surface area (Å²) in [6.07, 6.45) is 3.47. The Kier molecular flexibility index (Phi) is 4.30. The van der Waals surface area contributed by atoms with Crippen molar-refractivity contribution in [3.8, 4) is 0 Å². The highest BCUT2D eigenvalue weighted by Crippen LogP contribution is 2.45. The van der Waals surface area contributed by atoms with Crippen molar-refractivity contribution in [2.45, 2.75) is 37.9 Å². The molecule has 0 saturated heterocycles. The zero-order valence-corrected chi connectivity index (χ0v) is 14.0. The van der Waals surface area contributed by atoms with Crippen LogP contribution in [0.5, 0.6) is 0 Å². The van der Waals surface area contributed by atoms with E-state index in [0.717, 1.165) is 11.1 Å². The lowest BCUT2D eigenvalue weighted by Gasteiger charge is -2.41. The van der Waals surface area contributed by atoms with E-state index in [1.807, 2.05) is 18.7 Å². The molecule has 2 atom stereocenters. The highest BCUT2D eigenvalue weighted by Gasteiger charge is 2.47. The van der Waals surface area contributed by atoms with E-state index in [4.69, 9.17) is 0 Å². The van der Waals surface area contributed by atoms with E-state index < -0.39 is 8.32 Å². The summed E-state index contributed by atoms with van der Waals surface area (Å²) in [7, 11) is -2.68. The minimum absolute atomic E-state index is 0.110. The molecule has 1 aromatic carbocycles. The van der Waals surface area contributed by atoms with Gasteiger partial charge in [0.25, 0.3) is 0 Å². The van der Waals surface area contributed by atoms with Crippen LogP contribution in [0.25, 0.3) is 0 Å². The summed E-state index contributed by atoms with van der Waals surface area (Å²) in [5.41, 5.74) is 1.87. The zero-order valence-electron chi connectivity index (χ0n) is 13.0. The first-order valence-electron chi connectivity index (χ1n) is 7.11. The Labute approximate surface area is 126 Å². The molecular weight excluding hydrogens is 281 g/mol. The zero-order chi connectivity index (χ0) is 15.7. The van der Waals surface area contributed by atoms with Crippen molar-refractivity contribution < 1.29 is 9.19 Å². The first-order valence-corrected chi connectivity index (χ1v) is 9.63. The third kappa shape index (κ3) is 3.22. The van der Waals surface area contributed by atoms with Crippen LogP contribution < -0.4 is 0 Å². The number of benzene rings is 1. The quantitative estimate of drug-likeness (QED) is 0.859. The molecule has 1 aromatic heterocycles. The van der Waals surface area contributed by atoms with Crippen LogP contribution in [0.15, 0.2) is 48.8 Å². The maximum absolute atomic E-state index is 13.2. The van der Waals surface area contributed by atoms with Gasteiger partial charge in [-0.3, -0.25) is 4.98 Å². The van der Waals surface area contributed by atoms with E-state index in [1.54, 1.807) is 24.5 Å². The Morgan fingerprint density at radius 1 is 1.00 bits per heavy atom. The van der Waals surface area contributed by atoms with Crippen molar-refractivity contribution in [1.82, 2.24) is 4.98 Å². The monoisotopic (exact) mass is 303 g/mol. The van der Waals surface area contributed by atoms with Gasteiger partial charge in [-0.25, -0.2) is 4.39 Å². The molecule has 0 fully saturated rings. The van der Waals surface area contributed by atoms with Crippen LogP contribution in [0, 0.1) is 5.82 Å². The first-order chi connectivity index (χ1) is 9.73. The second-order valence-corrected chi connectivity index (χ2v) is 11.0. The van der Waals surface area contributed by atoms with Gasteiger partial charge in [0.1, 0.15) is 5.82 Å². The SMILES string of the molecule is CC(C)(C)[Si](C)(O)C(c1ccncc1)c1ccc(F)cc1. The molecule has 0 aliphatic heterocycles. The number of rotatable bonds is 3. The smallest absolute Gasteiger partial charge is 0.202 e. The minimum atomic E-state index is -2.68. The molecule has 112 valence electrons. The lowest BCUT2D eigenvalue weighted by Crippen LogP contribution is -2.48. The third-order valence-corrected chi connectivity index (χ3v) is 9.15. The fourth-order valence-electron chi connectivity index (χ4n) is 2.49. The van der Waals surface area contributed by atoms with Gasteiger partial charge in [-0.15, -0.1) is 0 Å². The van der Waals surface area contributed by atoms with Gasteiger partial charge in [-0.2, -0.15) is 0 Å².